The van der Waals surface area contributed by atoms with Crippen LogP contribution in [-0.4, -0.2) is 39.1 Å². The molecule has 0 saturated carbocycles. The van der Waals surface area contributed by atoms with Gasteiger partial charge in [-0.2, -0.15) is 0 Å². The number of hydrogen-bond donors (Lipinski definition) is 1. The molecule has 4 nitrogen and oxygen atoms in total. The summed E-state index contributed by atoms with van der Waals surface area (Å²) in [6, 6.07) is 4.65. The molecule has 2 rings (SSSR count). The van der Waals surface area contributed by atoms with Gasteiger partial charge in [0.1, 0.15) is 6.04 Å². The van der Waals surface area contributed by atoms with Crippen molar-refractivity contribution >= 4 is 39.6 Å². The maximum Gasteiger partial charge on any atom is 0.327 e. The van der Waals surface area contributed by atoms with E-state index in [4.69, 9.17) is 0 Å². The van der Waals surface area contributed by atoms with Crippen molar-refractivity contribution in [2.75, 3.05) is 5.75 Å². The van der Waals surface area contributed by atoms with Gasteiger partial charge in [-0.05, 0) is 31.0 Å². The summed E-state index contributed by atoms with van der Waals surface area (Å²) in [4.78, 5) is 25.7. The van der Waals surface area contributed by atoms with Gasteiger partial charge in [-0.25, -0.2) is 4.79 Å². The van der Waals surface area contributed by atoms with Crippen LogP contribution in [0.3, 0.4) is 0 Å². The second-order valence-corrected chi connectivity index (χ2v) is 7.17. The van der Waals surface area contributed by atoms with Crippen molar-refractivity contribution in [3.8, 4) is 0 Å². The van der Waals surface area contributed by atoms with Crippen LogP contribution >= 0.6 is 27.7 Å². The first-order chi connectivity index (χ1) is 9.95. The molecule has 1 aromatic carbocycles. The predicted molar refractivity (Wildman–Crippen MR) is 87.6 cm³/mol. The normalized spacial score (nSPS) is 21.6. The Balaban J connectivity index is 2.31. The molecule has 0 aromatic heterocycles. The molecule has 1 N–H and O–H groups in total. The van der Waals surface area contributed by atoms with Gasteiger partial charge in [-0.3, -0.25) is 4.79 Å². The molecule has 21 heavy (non-hydrogen) atoms. The topological polar surface area (TPSA) is 57.6 Å². The third-order valence-electron chi connectivity index (χ3n) is 3.57. The van der Waals surface area contributed by atoms with Gasteiger partial charge in [0.25, 0.3) is 5.91 Å². The van der Waals surface area contributed by atoms with Crippen LogP contribution in [0.2, 0.25) is 0 Å². The minimum atomic E-state index is -0.930. The Bertz CT molecular complexity index is 564. The van der Waals surface area contributed by atoms with Gasteiger partial charge in [0, 0.05) is 15.8 Å². The molecular formula is C15H18BrNO3S. The highest BCUT2D eigenvalue weighted by Crippen LogP contribution is 2.34. The number of aryl methyl sites for hydroxylation is 1. The van der Waals surface area contributed by atoms with Gasteiger partial charge in [-0.1, -0.05) is 35.3 Å². The number of carbonyl (C=O) groups excluding carboxylic acids is 1. The van der Waals surface area contributed by atoms with E-state index in [-0.39, 0.29) is 11.3 Å². The maximum absolute atomic E-state index is 12.7. The average molecular weight is 372 g/mol. The Morgan fingerprint density at radius 1 is 1.48 bits per heavy atom. The fraction of sp³-hybridized carbons (Fsp3) is 0.467. The molecule has 1 fully saturated rings. The van der Waals surface area contributed by atoms with E-state index in [2.05, 4.69) is 15.9 Å². The summed E-state index contributed by atoms with van der Waals surface area (Å²) >= 11 is 4.97. The number of thioether (sulfide) groups is 1. The second-order valence-electron chi connectivity index (χ2n) is 5.11. The number of carboxylic acids is 1. The highest BCUT2D eigenvalue weighted by atomic mass is 79.9. The van der Waals surface area contributed by atoms with E-state index >= 15 is 0 Å². The molecule has 1 heterocycles. The first kappa shape index (κ1) is 16.4. The molecule has 0 aliphatic carbocycles. The maximum atomic E-state index is 12.7. The molecule has 6 heteroatoms. The Hall–Kier alpha value is -1.01. The summed E-state index contributed by atoms with van der Waals surface area (Å²) in [5, 5.41) is 9.30. The molecular weight excluding hydrogens is 354 g/mol. The van der Waals surface area contributed by atoms with Gasteiger partial charge >= 0.3 is 5.97 Å². The molecule has 1 saturated heterocycles. The van der Waals surface area contributed by atoms with Crippen LogP contribution in [-0.2, 0) is 4.79 Å². The van der Waals surface area contributed by atoms with Crippen LogP contribution < -0.4 is 0 Å². The van der Waals surface area contributed by atoms with E-state index in [1.54, 1.807) is 23.9 Å². The van der Waals surface area contributed by atoms with Crippen LogP contribution in [0, 0.1) is 6.92 Å². The molecule has 2 unspecified atom stereocenters. The monoisotopic (exact) mass is 371 g/mol. The molecule has 0 bridgehead atoms. The second kappa shape index (κ2) is 6.83. The van der Waals surface area contributed by atoms with Crippen molar-refractivity contribution in [1.29, 1.82) is 0 Å². The standard InChI is InChI=1S/C15H18BrNO3S/c1-3-4-13-17(12(8-21-13)15(19)20)14(18)10-6-5-9(2)11(16)7-10/h5-7,12-13H,3-4,8H2,1-2H3,(H,19,20). The lowest BCUT2D eigenvalue weighted by Gasteiger charge is -2.27. The Labute approximate surface area is 137 Å². The predicted octanol–water partition coefficient (Wildman–Crippen LogP) is 3.53. The number of halogens is 1. The van der Waals surface area contributed by atoms with E-state index in [1.807, 2.05) is 19.9 Å². The van der Waals surface area contributed by atoms with Crippen LogP contribution in [0.5, 0.6) is 0 Å². The lowest BCUT2D eigenvalue weighted by atomic mass is 10.1. The van der Waals surface area contributed by atoms with Crippen molar-refractivity contribution < 1.29 is 14.7 Å². The minimum Gasteiger partial charge on any atom is -0.480 e. The zero-order chi connectivity index (χ0) is 15.6. The quantitative estimate of drug-likeness (QED) is 0.879. The van der Waals surface area contributed by atoms with E-state index < -0.39 is 12.0 Å². The first-order valence-corrected chi connectivity index (χ1v) is 8.73. The van der Waals surface area contributed by atoms with Gasteiger partial charge in [0.15, 0.2) is 0 Å². The molecule has 2 atom stereocenters. The van der Waals surface area contributed by atoms with Gasteiger partial charge < -0.3 is 10.0 Å². The van der Waals surface area contributed by atoms with Crippen LogP contribution in [0.4, 0.5) is 0 Å². The van der Waals surface area contributed by atoms with Crippen LogP contribution in [0.1, 0.15) is 35.7 Å². The van der Waals surface area contributed by atoms with Crippen molar-refractivity contribution in [2.45, 2.75) is 38.1 Å². The SMILES string of the molecule is CCCC1SCC(C(=O)O)N1C(=O)c1ccc(C)c(Br)c1. The highest BCUT2D eigenvalue weighted by Gasteiger charge is 2.41. The molecule has 0 spiro atoms. The van der Waals surface area contributed by atoms with Crippen molar-refractivity contribution in [1.82, 2.24) is 4.90 Å². The number of aliphatic carboxylic acids is 1. The average Bonchev–Trinajstić information content (AvgIpc) is 2.85. The van der Waals surface area contributed by atoms with Crippen molar-refractivity contribution in [2.24, 2.45) is 0 Å². The summed E-state index contributed by atoms with van der Waals surface area (Å²) in [7, 11) is 0. The summed E-state index contributed by atoms with van der Waals surface area (Å²) in [5.41, 5.74) is 1.57. The molecule has 1 amide bonds. The van der Waals surface area contributed by atoms with E-state index in [0.717, 1.165) is 22.9 Å². The zero-order valence-electron chi connectivity index (χ0n) is 12.0. The Kier molecular flexibility index (Phi) is 5.32. The highest BCUT2D eigenvalue weighted by molar-refractivity contribution is 9.10. The van der Waals surface area contributed by atoms with Crippen molar-refractivity contribution in [3.63, 3.8) is 0 Å². The molecule has 1 aromatic rings. The van der Waals surface area contributed by atoms with E-state index in [9.17, 15) is 14.7 Å². The number of carbonyl (C=O) groups is 2. The third kappa shape index (κ3) is 3.43. The minimum absolute atomic E-state index is 0.0521. The summed E-state index contributed by atoms with van der Waals surface area (Å²) in [6.07, 6.45) is 1.73. The smallest absolute Gasteiger partial charge is 0.327 e. The largest absolute Gasteiger partial charge is 0.480 e. The van der Waals surface area contributed by atoms with E-state index in [0.29, 0.717) is 11.3 Å². The molecule has 0 radical (unpaired) electrons. The van der Waals surface area contributed by atoms with Crippen molar-refractivity contribution in [3.05, 3.63) is 33.8 Å². The third-order valence-corrected chi connectivity index (χ3v) is 5.78. The number of rotatable bonds is 4. The Morgan fingerprint density at radius 3 is 2.76 bits per heavy atom. The number of amides is 1. The fourth-order valence-electron chi connectivity index (χ4n) is 2.37. The lowest BCUT2D eigenvalue weighted by Crippen LogP contribution is -2.45. The number of nitrogens with zero attached hydrogens (tertiary/aromatic N) is 1. The molecule has 1 aliphatic heterocycles. The van der Waals surface area contributed by atoms with Crippen LogP contribution in [0.25, 0.3) is 0 Å². The first-order valence-electron chi connectivity index (χ1n) is 6.89. The summed E-state index contributed by atoms with van der Waals surface area (Å²) < 4.78 is 0.860. The zero-order valence-corrected chi connectivity index (χ0v) is 14.4. The lowest BCUT2D eigenvalue weighted by molar-refractivity contribution is -0.141. The van der Waals surface area contributed by atoms with Crippen LogP contribution in [0.15, 0.2) is 22.7 Å². The van der Waals surface area contributed by atoms with Gasteiger partial charge in [0.2, 0.25) is 0 Å². The number of benzene rings is 1. The van der Waals surface area contributed by atoms with Gasteiger partial charge in [-0.15, -0.1) is 11.8 Å². The Morgan fingerprint density at radius 2 is 2.19 bits per heavy atom. The fourth-order valence-corrected chi connectivity index (χ4v) is 4.26. The number of hydrogen-bond acceptors (Lipinski definition) is 3. The molecule has 114 valence electrons. The van der Waals surface area contributed by atoms with E-state index in [1.165, 1.54) is 4.90 Å². The molecule has 1 aliphatic rings. The number of carboxylic acid groups (broad SMARTS) is 1. The van der Waals surface area contributed by atoms with Gasteiger partial charge in [0.05, 0.1) is 5.37 Å². The summed E-state index contributed by atoms with van der Waals surface area (Å²) in [6.45, 7) is 3.99. The summed E-state index contributed by atoms with van der Waals surface area (Å²) in [5.74, 6) is -0.675.